The minimum absolute atomic E-state index is 0.140. The van der Waals surface area contributed by atoms with Gasteiger partial charge in [-0.05, 0) is 38.0 Å². The Morgan fingerprint density at radius 2 is 2.22 bits per heavy atom. The molecule has 4 unspecified atom stereocenters. The maximum atomic E-state index is 11.3. The van der Waals surface area contributed by atoms with Crippen LogP contribution in [0.5, 0.6) is 0 Å². The Labute approximate surface area is 114 Å². The van der Waals surface area contributed by atoms with Gasteiger partial charge in [0.05, 0.1) is 12.0 Å². The molecular formula is C14H24O3S. The normalized spacial score (nSPS) is 36.7. The maximum Gasteiger partial charge on any atom is 0.307 e. The zero-order valence-electron chi connectivity index (χ0n) is 11.1. The minimum atomic E-state index is -0.602. The molecule has 0 aromatic rings. The molecule has 2 aliphatic rings. The molecule has 1 N–H and O–H groups in total. The lowest BCUT2D eigenvalue weighted by molar-refractivity contribution is -0.142. The van der Waals surface area contributed by atoms with Crippen LogP contribution >= 0.6 is 11.8 Å². The Morgan fingerprint density at radius 1 is 1.39 bits per heavy atom. The number of hydrogen-bond donors (Lipinski definition) is 1. The molecule has 1 saturated carbocycles. The average molecular weight is 272 g/mol. The summed E-state index contributed by atoms with van der Waals surface area (Å²) in [6, 6.07) is 0. The van der Waals surface area contributed by atoms with E-state index in [1.54, 1.807) is 0 Å². The van der Waals surface area contributed by atoms with Crippen molar-refractivity contribution >= 4 is 17.7 Å². The van der Waals surface area contributed by atoms with Gasteiger partial charge in [0.2, 0.25) is 0 Å². The molecule has 0 amide bonds. The van der Waals surface area contributed by atoms with Crippen LogP contribution in [0.1, 0.15) is 45.4 Å². The Balaban J connectivity index is 1.85. The van der Waals surface area contributed by atoms with Crippen LogP contribution in [0.15, 0.2) is 0 Å². The summed E-state index contributed by atoms with van der Waals surface area (Å²) in [5.74, 6) is 0.960. The zero-order valence-corrected chi connectivity index (χ0v) is 12.0. The van der Waals surface area contributed by atoms with Crippen molar-refractivity contribution in [2.75, 3.05) is 12.4 Å². The lowest BCUT2D eigenvalue weighted by Crippen LogP contribution is -2.33. The summed E-state index contributed by atoms with van der Waals surface area (Å²) >= 11 is 1.84. The molecule has 2 rings (SSSR count). The van der Waals surface area contributed by atoms with Crippen molar-refractivity contribution in [1.29, 1.82) is 0 Å². The summed E-state index contributed by atoms with van der Waals surface area (Å²) in [4.78, 5) is 11.3. The van der Waals surface area contributed by atoms with Crippen LogP contribution in [0, 0.1) is 11.8 Å². The first-order valence-electron chi connectivity index (χ1n) is 7.16. The number of carbonyl (C=O) groups is 1. The third kappa shape index (κ3) is 3.64. The van der Waals surface area contributed by atoms with E-state index >= 15 is 0 Å². The molecule has 4 atom stereocenters. The molecule has 2 fully saturated rings. The molecule has 1 heterocycles. The number of thioether (sulfide) groups is 1. The zero-order chi connectivity index (χ0) is 13.0. The summed E-state index contributed by atoms with van der Waals surface area (Å²) < 4.78 is 5.62. The highest BCUT2D eigenvalue weighted by Crippen LogP contribution is 2.38. The number of ether oxygens (including phenoxy) is 1. The van der Waals surface area contributed by atoms with Crippen molar-refractivity contribution in [3.63, 3.8) is 0 Å². The third-order valence-electron chi connectivity index (χ3n) is 4.32. The lowest BCUT2D eigenvalue weighted by atomic mass is 9.80. The van der Waals surface area contributed by atoms with Gasteiger partial charge >= 0.3 is 5.97 Å². The van der Waals surface area contributed by atoms with Crippen LogP contribution in [0.4, 0.5) is 0 Å². The highest BCUT2D eigenvalue weighted by Gasteiger charge is 2.35. The fourth-order valence-electron chi connectivity index (χ4n) is 3.06. The van der Waals surface area contributed by atoms with Crippen molar-refractivity contribution in [3.8, 4) is 0 Å². The van der Waals surface area contributed by atoms with Gasteiger partial charge in [-0.2, -0.15) is 11.8 Å². The molecule has 104 valence electrons. The number of aliphatic carboxylic acids is 1. The van der Waals surface area contributed by atoms with Gasteiger partial charge in [-0.1, -0.05) is 13.3 Å². The molecule has 0 aromatic heterocycles. The molecular weight excluding hydrogens is 248 g/mol. The van der Waals surface area contributed by atoms with Crippen LogP contribution in [-0.4, -0.2) is 34.8 Å². The largest absolute Gasteiger partial charge is 0.481 e. The first kappa shape index (κ1) is 14.2. The molecule has 0 bridgehead atoms. The fraction of sp³-hybridized carbons (Fsp3) is 0.929. The quantitative estimate of drug-likeness (QED) is 0.835. The molecule has 1 aliphatic carbocycles. The van der Waals surface area contributed by atoms with Crippen LogP contribution in [0.25, 0.3) is 0 Å². The van der Waals surface area contributed by atoms with E-state index in [1.807, 2.05) is 11.8 Å². The summed E-state index contributed by atoms with van der Waals surface area (Å²) in [5, 5.41) is 9.61. The standard InChI is InChI=1S/C14H24O3S/c1-2-10-5-6-12(14(15)16)13(8-10)18-9-11-4-3-7-17-11/h10-13H,2-9H2,1H3,(H,15,16). The average Bonchev–Trinajstić information content (AvgIpc) is 2.88. The second-order valence-corrected chi connectivity index (χ2v) is 6.81. The van der Waals surface area contributed by atoms with Crippen LogP contribution in [0.2, 0.25) is 0 Å². The molecule has 0 aromatic carbocycles. The van der Waals surface area contributed by atoms with Crippen LogP contribution in [-0.2, 0) is 9.53 Å². The number of rotatable bonds is 5. The van der Waals surface area contributed by atoms with Crippen LogP contribution < -0.4 is 0 Å². The Bertz CT molecular complexity index is 276. The Morgan fingerprint density at radius 3 is 2.83 bits per heavy atom. The van der Waals surface area contributed by atoms with E-state index in [9.17, 15) is 9.90 Å². The van der Waals surface area contributed by atoms with Crippen molar-refractivity contribution in [2.45, 2.75) is 56.8 Å². The van der Waals surface area contributed by atoms with Crippen molar-refractivity contribution < 1.29 is 14.6 Å². The first-order valence-corrected chi connectivity index (χ1v) is 8.21. The summed E-state index contributed by atoms with van der Waals surface area (Å²) in [5.41, 5.74) is 0. The minimum Gasteiger partial charge on any atom is -0.481 e. The van der Waals surface area contributed by atoms with E-state index in [4.69, 9.17) is 4.74 Å². The van der Waals surface area contributed by atoms with Gasteiger partial charge < -0.3 is 9.84 Å². The highest BCUT2D eigenvalue weighted by molar-refractivity contribution is 8.00. The highest BCUT2D eigenvalue weighted by atomic mass is 32.2. The predicted molar refractivity (Wildman–Crippen MR) is 74.0 cm³/mol. The number of carboxylic acids is 1. The lowest BCUT2D eigenvalue weighted by Gasteiger charge is -2.33. The monoisotopic (exact) mass is 272 g/mol. The van der Waals surface area contributed by atoms with Crippen molar-refractivity contribution in [2.24, 2.45) is 11.8 Å². The van der Waals surface area contributed by atoms with E-state index in [2.05, 4.69) is 6.92 Å². The molecule has 0 spiro atoms. The second kappa shape index (κ2) is 6.80. The van der Waals surface area contributed by atoms with E-state index in [-0.39, 0.29) is 5.92 Å². The Kier molecular flexibility index (Phi) is 5.37. The van der Waals surface area contributed by atoms with Gasteiger partial charge in [0.25, 0.3) is 0 Å². The van der Waals surface area contributed by atoms with E-state index in [0.29, 0.717) is 11.4 Å². The molecule has 1 saturated heterocycles. The number of hydrogen-bond acceptors (Lipinski definition) is 3. The molecule has 4 heteroatoms. The fourth-order valence-corrected chi connectivity index (χ4v) is 4.67. The topological polar surface area (TPSA) is 46.5 Å². The van der Waals surface area contributed by atoms with Gasteiger partial charge in [-0.15, -0.1) is 0 Å². The summed E-state index contributed by atoms with van der Waals surface area (Å²) in [6.45, 7) is 3.10. The van der Waals surface area contributed by atoms with Crippen LogP contribution in [0.3, 0.4) is 0 Å². The van der Waals surface area contributed by atoms with Gasteiger partial charge in [0, 0.05) is 17.6 Å². The maximum absolute atomic E-state index is 11.3. The van der Waals surface area contributed by atoms with Crippen molar-refractivity contribution in [1.82, 2.24) is 0 Å². The van der Waals surface area contributed by atoms with Gasteiger partial charge in [-0.3, -0.25) is 4.79 Å². The van der Waals surface area contributed by atoms with Gasteiger partial charge in [0.15, 0.2) is 0 Å². The third-order valence-corrected chi connectivity index (χ3v) is 5.83. The van der Waals surface area contributed by atoms with E-state index in [0.717, 1.165) is 50.4 Å². The summed E-state index contributed by atoms with van der Waals surface area (Å²) in [6.07, 6.45) is 6.88. The predicted octanol–water partition coefficient (Wildman–Crippen LogP) is 3.18. The molecule has 1 aliphatic heterocycles. The van der Waals surface area contributed by atoms with E-state index < -0.39 is 5.97 Å². The SMILES string of the molecule is CCC1CCC(C(=O)O)C(SCC2CCCO2)C1. The molecule has 3 nitrogen and oxygen atoms in total. The van der Waals surface area contributed by atoms with Crippen molar-refractivity contribution in [3.05, 3.63) is 0 Å². The first-order chi connectivity index (χ1) is 8.70. The van der Waals surface area contributed by atoms with E-state index in [1.165, 1.54) is 6.42 Å². The number of carboxylic acid groups (broad SMARTS) is 1. The summed E-state index contributed by atoms with van der Waals surface area (Å²) in [7, 11) is 0. The molecule has 0 radical (unpaired) electrons. The second-order valence-electron chi connectivity index (χ2n) is 5.54. The molecule has 18 heavy (non-hydrogen) atoms. The van der Waals surface area contributed by atoms with Gasteiger partial charge in [0.1, 0.15) is 0 Å². The van der Waals surface area contributed by atoms with Gasteiger partial charge in [-0.25, -0.2) is 0 Å². The Hall–Kier alpha value is -0.220. The smallest absolute Gasteiger partial charge is 0.307 e.